The van der Waals surface area contributed by atoms with Crippen molar-refractivity contribution >= 4 is 57.5 Å². The average Bonchev–Trinajstić information content (AvgIpc) is 2.95. The van der Waals surface area contributed by atoms with E-state index in [1.165, 1.54) is 9.13 Å². The monoisotopic (exact) mass is 500 g/mol. The number of allylic oxidation sites excluding steroid dienone is 1. The maximum absolute atomic E-state index is 12.9. The molecule has 26 heavy (non-hydrogen) atoms. The van der Waals surface area contributed by atoms with Crippen molar-refractivity contribution in [1.29, 1.82) is 0 Å². The third kappa shape index (κ3) is 4.53. The molecule has 0 bridgehead atoms. The predicted molar refractivity (Wildman–Crippen MR) is 117 cm³/mol. The summed E-state index contributed by atoms with van der Waals surface area (Å²) in [7, 11) is 0. The zero-order chi connectivity index (χ0) is 18.7. The molecule has 2 aromatic carbocycles. The van der Waals surface area contributed by atoms with Crippen LogP contribution in [0, 0.1) is 3.57 Å². The molecule has 6 heteroatoms. The summed E-state index contributed by atoms with van der Waals surface area (Å²) < 4.78 is 1.20. The van der Waals surface area contributed by atoms with Gasteiger partial charge in [-0.2, -0.15) is 0 Å². The maximum Gasteiger partial charge on any atom is 0.324 e. The van der Waals surface area contributed by atoms with Crippen LogP contribution in [0.15, 0.2) is 55.1 Å². The number of hydrogen-bond acceptors (Lipinski definition) is 1. The first-order chi connectivity index (χ1) is 12.5. The van der Waals surface area contributed by atoms with E-state index in [1.807, 2.05) is 11.0 Å². The summed E-state index contributed by atoms with van der Waals surface area (Å²) in [5.41, 5.74) is 1.96. The molecule has 0 N–H and O–H groups in total. The van der Waals surface area contributed by atoms with E-state index in [4.69, 9.17) is 23.2 Å². The van der Waals surface area contributed by atoms with Gasteiger partial charge in [0.1, 0.15) is 0 Å². The predicted octanol–water partition coefficient (Wildman–Crippen LogP) is 6.20. The summed E-state index contributed by atoms with van der Waals surface area (Å²) in [5.74, 6) is 0.233. The molecule has 1 aliphatic heterocycles. The van der Waals surface area contributed by atoms with Gasteiger partial charge in [0.2, 0.25) is 0 Å². The molecule has 136 valence electrons. The van der Waals surface area contributed by atoms with Crippen LogP contribution in [0.2, 0.25) is 10.0 Å². The van der Waals surface area contributed by atoms with Crippen molar-refractivity contribution in [1.82, 2.24) is 4.90 Å². The fraction of sp³-hybridized carbons (Fsp3) is 0.250. The van der Waals surface area contributed by atoms with E-state index in [-0.39, 0.29) is 11.9 Å². The summed E-state index contributed by atoms with van der Waals surface area (Å²) >= 11 is 14.5. The summed E-state index contributed by atoms with van der Waals surface area (Å²) in [5, 5.41) is 1.06. The van der Waals surface area contributed by atoms with Crippen LogP contribution >= 0.6 is 45.8 Å². The third-order valence-corrected chi connectivity index (χ3v) is 5.64. The number of carbonyl (C=O) groups is 1. The van der Waals surface area contributed by atoms with Crippen LogP contribution in [0.25, 0.3) is 0 Å². The van der Waals surface area contributed by atoms with Crippen molar-refractivity contribution in [3.05, 3.63) is 74.3 Å². The van der Waals surface area contributed by atoms with Crippen LogP contribution in [0.5, 0.6) is 0 Å². The Morgan fingerprint density at radius 2 is 1.77 bits per heavy atom. The molecule has 1 unspecified atom stereocenters. The summed E-state index contributed by atoms with van der Waals surface area (Å²) in [6.45, 7) is 5.85. The van der Waals surface area contributed by atoms with Crippen LogP contribution in [0.3, 0.4) is 0 Å². The largest absolute Gasteiger partial charge is 0.324 e. The lowest BCUT2D eigenvalue weighted by molar-refractivity contribution is 0.217. The molecule has 0 aromatic heterocycles. The van der Waals surface area contributed by atoms with Crippen molar-refractivity contribution in [2.24, 2.45) is 0 Å². The number of halogens is 3. The lowest BCUT2D eigenvalue weighted by Crippen LogP contribution is -2.34. The van der Waals surface area contributed by atoms with Crippen molar-refractivity contribution in [3.63, 3.8) is 0 Å². The van der Waals surface area contributed by atoms with E-state index < -0.39 is 0 Å². The third-order valence-electron chi connectivity index (χ3n) is 4.49. The number of anilines is 1. The molecule has 1 saturated heterocycles. The van der Waals surface area contributed by atoms with E-state index >= 15 is 0 Å². The number of amides is 2. The first-order valence-electron chi connectivity index (χ1n) is 8.37. The highest BCUT2D eigenvalue weighted by molar-refractivity contribution is 14.1. The molecule has 3 rings (SSSR count). The Bertz CT molecular complexity index is 790. The molecule has 1 aliphatic rings. The van der Waals surface area contributed by atoms with E-state index in [0.717, 1.165) is 12.1 Å². The van der Waals surface area contributed by atoms with Gasteiger partial charge in [0, 0.05) is 44.9 Å². The maximum atomic E-state index is 12.9. The SMILES string of the molecule is C=CCC(CN1CCN(c2cc(Cl)cc(Cl)c2)C1=O)c1ccc(I)cc1. The van der Waals surface area contributed by atoms with Crippen LogP contribution in [-0.4, -0.2) is 30.6 Å². The Hall–Kier alpha value is -1.24. The number of carbonyl (C=O) groups excluding carboxylic acids is 1. The van der Waals surface area contributed by atoms with Gasteiger partial charge in [0.15, 0.2) is 0 Å². The standard InChI is InChI=1S/C20H19Cl2IN2O/c1-2-3-15(14-4-6-18(23)7-5-14)13-24-8-9-25(20(24)26)19-11-16(21)10-17(22)12-19/h2,4-7,10-12,15H,1,3,8-9,13H2. The second kappa shape index (κ2) is 8.63. The lowest BCUT2D eigenvalue weighted by atomic mass is 9.95. The van der Waals surface area contributed by atoms with E-state index in [0.29, 0.717) is 29.7 Å². The molecule has 1 fully saturated rings. The smallest absolute Gasteiger partial charge is 0.322 e. The lowest BCUT2D eigenvalue weighted by Gasteiger charge is -2.24. The van der Waals surface area contributed by atoms with Gasteiger partial charge in [0.25, 0.3) is 0 Å². The normalized spacial score (nSPS) is 15.4. The van der Waals surface area contributed by atoms with Gasteiger partial charge < -0.3 is 4.90 Å². The number of urea groups is 1. The van der Waals surface area contributed by atoms with Crippen LogP contribution < -0.4 is 4.90 Å². The molecular formula is C20H19Cl2IN2O. The van der Waals surface area contributed by atoms with Gasteiger partial charge >= 0.3 is 6.03 Å². The van der Waals surface area contributed by atoms with E-state index in [2.05, 4.69) is 53.4 Å². The minimum absolute atomic E-state index is 0.0112. The Kier molecular flexibility index (Phi) is 6.48. The minimum atomic E-state index is -0.0112. The fourth-order valence-electron chi connectivity index (χ4n) is 3.20. The Morgan fingerprint density at radius 3 is 2.38 bits per heavy atom. The summed E-state index contributed by atoms with van der Waals surface area (Å²) in [6, 6.07) is 13.7. The topological polar surface area (TPSA) is 23.6 Å². The molecule has 0 radical (unpaired) electrons. The van der Waals surface area contributed by atoms with Gasteiger partial charge in [-0.05, 0) is 64.9 Å². The number of benzene rings is 2. The van der Waals surface area contributed by atoms with Crippen LogP contribution in [0.1, 0.15) is 17.9 Å². The van der Waals surface area contributed by atoms with Gasteiger partial charge in [-0.1, -0.05) is 41.4 Å². The number of rotatable bonds is 6. The van der Waals surface area contributed by atoms with Gasteiger partial charge in [-0.25, -0.2) is 4.79 Å². The minimum Gasteiger partial charge on any atom is -0.322 e. The molecular weight excluding hydrogens is 482 g/mol. The molecule has 3 nitrogen and oxygen atoms in total. The van der Waals surface area contributed by atoms with Gasteiger partial charge in [-0.3, -0.25) is 4.90 Å². The van der Waals surface area contributed by atoms with E-state index in [1.54, 1.807) is 23.1 Å². The molecule has 0 spiro atoms. The fourth-order valence-corrected chi connectivity index (χ4v) is 4.08. The molecule has 2 aromatic rings. The Labute approximate surface area is 177 Å². The van der Waals surface area contributed by atoms with E-state index in [9.17, 15) is 4.79 Å². The second-order valence-corrected chi connectivity index (χ2v) is 8.40. The van der Waals surface area contributed by atoms with Crippen LogP contribution in [0.4, 0.5) is 10.5 Å². The Balaban J connectivity index is 1.76. The quantitative estimate of drug-likeness (QED) is 0.342. The molecule has 0 saturated carbocycles. The number of hydrogen-bond donors (Lipinski definition) is 0. The van der Waals surface area contributed by atoms with Crippen molar-refractivity contribution in [2.45, 2.75) is 12.3 Å². The second-order valence-electron chi connectivity index (χ2n) is 6.28. The highest BCUT2D eigenvalue weighted by Gasteiger charge is 2.31. The van der Waals surface area contributed by atoms with Crippen molar-refractivity contribution in [3.8, 4) is 0 Å². The zero-order valence-corrected chi connectivity index (χ0v) is 17.8. The average molecular weight is 501 g/mol. The number of nitrogens with zero attached hydrogens (tertiary/aromatic N) is 2. The van der Waals surface area contributed by atoms with Gasteiger partial charge in [0.05, 0.1) is 0 Å². The zero-order valence-electron chi connectivity index (χ0n) is 14.2. The highest BCUT2D eigenvalue weighted by Crippen LogP contribution is 2.30. The van der Waals surface area contributed by atoms with Crippen molar-refractivity contribution in [2.75, 3.05) is 24.5 Å². The molecule has 0 aliphatic carbocycles. The molecule has 1 heterocycles. The highest BCUT2D eigenvalue weighted by atomic mass is 127. The first-order valence-corrected chi connectivity index (χ1v) is 10.2. The first kappa shape index (κ1) is 19.5. The molecule has 2 amide bonds. The van der Waals surface area contributed by atoms with Crippen LogP contribution in [-0.2, 0) is 0 Å². The summed E-state index contributed by atoms with van der Waals surface area (Å²) in [4.78, 5) is 16.5. The molecule has 1 atom stereocenters. The Morgan fingerprint density at radius 1 is 1.12 bits per heavy atom. The van der Waals surface area contributed by atoms with Crippen molar-refractivity contribution < 1.29 is 4.79 Å². The summed E-state index contributed by atoms with van der Waals surface area (Å²) in [6.07, 6.45) is 2.74. The van der Waals surface area contributed by atoms with Gasteiger partial charge in [-0.15, -0.1) is 6.58 Å².